The monoisotopic (exact) mass is 247 g/mol. The smallest absolute Gasteiger partial charge is 0.416 e. The molecule has 0 radical (unpaired) electrons. The Labute approximate surface area is 96.6 Å². The first-order chi connectivity index (χ1) is 7.84. The quantitative estimate of drug-likeness (QED) is 0.890. The van der Waals surface area contributed by atoms with Gasteiger partial charge in [-0.15, -0.1) is 0 Å². The van der Waals surface area contributed by atoms with Gasteiger partial charge in [-0.1, -0.05) is 6.07 Å². The summed E-state index contributed by atoms with van der Waals surface area (Å²) in [6.07, 6.45) is -4.47. The first-order valence-corrected chi connectivity index (χ1v) is 4.83. The molecule has 0 unspecified atom stereocenters. The van der Waals surface area contributed by atoms with Gasteiger partial charge in [-0.3, -0.25) is 4.79 Å². The average molecular weight is 247 g/mol. The van der Waals surface area contributed by atoms with Gasteiger partial charge < -0.3 is 10.1 Å². The van der Waals surface area contributed by atoms with Crippen molar-refractivity contribution >= 4 is 5.91 Å². The zero-order chi connectivity index (χ0) is 13.1. The first kappa shape index (κ1) is 13.3. The highest BCUT2D eigenvalue weighted by Crippen LogP contribution is 2.34. The molecule has 0 saturated heterocycles. The lowest BCUT2D eigenvalue weighted by Gasteiger charge is -2.14. The van der Waals surface area contributed by atoms with E-state index in [1.54, 1.807) is 0 Å². The molecule has 0 saturated carbocycles. The van der Waals surface area contributed by atoms with Crippen LogP contribution < -0.4 is 10.1 Å². The van der Waals surface area contributed by atoms with Crippen LogP contribution in [0.3, 0.4) is 0 Å². The Hall–Kier alpha value is -1.72. The minimum atomic E-state index is -4.47. The molecule has 1 rings (SSSR count). The van der Waals surface area contributed by atoms with E-state index in [9.17, 15) is 18.0 Å². The van der Waals surface area contributed by atoms with Gasteiger partial charge in [0.1, 0.15) is 5.75 Å². The van der Waals surface area contributed by atoms with Crippen molar-refractivity contribution in [2.45, 2.75) is 19.6 Å². The maximum Gasteiger partial charge on any atom is 0.416 e. The molecule has 1 aromatic rings. The summed E-state index contributed by atoms with van der Waals surface area (Å²) >= 11 is 0. The van der Waals surface area contributed by atoms with Crippen molar-refractivity contribution in [1.29, 1.82) is 0 Å². The number of methoxy groups -OCH3 is 1. The highest BCUT2D eigenvalue weighted by atomic mass is 19.4. The second kappa shape index (κ2) is 5.07. The van der Waals surface area contributed by atoms with Gasteiger partial charge in [0.05, 0.1) is 12.7 Å². The Morgan fingerprint density at radius 2 is 2.06 bits per heavy atom. The van der Waals surface area contributed by atoms with Crippen molar-refractivity contribution in [3.05, 3.63) is 29.3 Å². The number of nitrogens with one attached hydrogen (secondary N) is 1. The van der Waals surface area contributed by atoms with E-state index in [4.69, 9.17) is 4.74 Å². The van der Waals surface area contributed by atoms with E-state index in [0.717, 1.165) is 6.07 Å². The van der Waals surface area contributed by atoms with Crippen LogP contribution >= 0.6 is 0 Å². The lowest BCUT2D eigenvalue weighted by Crippen LogP contribution is -2.21. The number of rotatable bonds is 3. The van der Waals surface area contributed by atoms with E-state index in [2.05, 4.69) is 5.32 Å². The summed E-state index contributed by atoms with van der Waals surface area (Å²) in [5.41, 5.74) is -0.792. The van der Waals surface area contributed by atoms with Gasteiger partial charge >= 0.3 is 6.18 Å². The zero-order valence-corrected chi connectivity index (χ0v) is 9.39. The zero-order valence-electron chi connectivity index (χ0n) is 9.39. The number of ether oxygens (including phenoxy) is 1. The molecule has 94 valence electrons. The van der Waals surface area contributed by atoms with E-state index in [1.807, 2.05) is 0 Å². The molecule has 3 nitrogen and oxygen atoms in total. The number of amides is 1. The van der Waals surface area contributed by atoms with Crippen molar-refractivity contribution in [3.63, 3.8) is 0 Å². The fourth-order valence-electron chi connectivity index (χ4n) is 1.32. The van der Waals surface area contributed by atoms with Crippen LogP contribution in [0.1, 0.15) is 18.1 Å². The Bertz CT molecular complexity index is 416. The maximum atomic E-state index is 12.7. The summed E-state index contributed by atoms with van der Waals surface area (Å²) in [5.74, 6) is -0.252. The molecule has 17 heavy (non-hydrogen) atoms. The second-order valence-electron chi connectivity index (χ2n) is 3.43. The number of benzene rings is 1. The molecule has 0 heterocycles. The lowest BCUT2D eigenvalue weighted by molar-refractivity contribution is -0.138. The van der Waals surface area contributed by atoms with Crippen LogP contribution in [0.15, 0.2) is 18.2 Å². The van der Waals surface area contributed by atoms with Crippen LogP contribution in [0.25, 0.3) is 0 Å². The minimum absolute atomic E-state index is 0.00787. The van der Waals surface area contributed by atoms with Crippen molar-refractivity contribution in [3.8, 4) is 5.75 Å². The second-order valence-corrected chi connectivity index (χ2v) is 3.43. The van der Waals surface area contributed by atoms with Crippen molar-refractivity contribution in [2.24, 2.45) is 0 Å². The third kappa shape index (κ3) is 3.65. The lowest BCUT2D eigenvalue weighted by atomic mass is 10.1. The molecular weight excluding hydrogens is 235 g/mol. The molecule has 0 aromatic heterocycles. The maximum absolute atomic E-state index is 12.7. The number of hydrogen-bond donors (Lipinski definition) is 1. The minimum Gasteiger partial charge on any atom is -0.497 e. The van der Waals surface area contributed by atoms with E-state index in [0.29, 0.717) is 0 Å². The van der Waals surface area contributed by atoms with E-state index in [1.165, 1.54) is 26.2 Å². The molecule has 1 N–H and O–H groups in total. The summed E-state index contributed by atoms with van der Waals surface area (Å²) < 4.78 is 42.9. The Morgan fingerprint density at radius 1 is 1.41 bits per heavy atom. The van der Waals surface area contributed by atoms with Gasteiger partial charge in [0.2, 0.25) is 5.91 Å². The molecule has 0 aliphatic heterocycles. The van der Waals surface area contributed by atoms with Crippen LogP contribution in [-0.2, 0) is 17.5 Å². The standard InChI is InChI=1S/C11H12F3NO2/c1-7(16)15-6-8-3-4-9(17-2)5-10(8)11(12,13)14/h3-5H,6H2,1-2H3,(H,15,16). The number of carbonyl (C=O) groups excluding carboxylic acids is 1. The highest BCUT2D eigenvalue weighted by Gasteiger charge is 2.33. The van der Waals surface area contributed by atoms with Gasteiger partial charge in [-0.25, -0.2) is 0 Å². The summed E-state index contributed by atoms with van der Waals surface area (Å²) in [7, 11) is 1.29. The number of hydrogen-bond acceptors (Lipinski definition) is 2. The molecule has 0 aliphatic carbocycles. The molecule has 0 aliphatic rings. The number of alkyl halides is 3. The number of halogens is 3. The van der Waals surface area contributed by atoms with Gasteiger partial charge in [0, 0.05) is 13.5 Å². The predicted molar refractivity (Wildman–Crippen MR) is 55.5 cm³/mol. The summed E-state index contributed by atoms with van der Waals surface area (Å²) in [6.45, 7) is 1.09. The molecular formula is C11H12F3NO2. The van der Waals surface area contributed by atoms with Crippen LogP contribution in [0, 0.1) is 0 Å². The van der Waals surface area contributed by atoms with E-state index >= 15 is 0 Å². The molecule has 1 amide bonds. The third-order valence-electron chi connectivity index (χ3n) is 2.15. The highest BCUT2D eigenvalue weighted by molar-refractivity contribution is 5.72. The van der Waals surface area contributed by atoms with Crippen LogP contribution in [0.5, 0.6) is 5.75 Å². The SMILES string of the molecule is COc1ccc(CNC(C)=O)c(C(F)(F)F)c1. The van der Waals surface area contributed by atoms with Crippen LogP contribution in [0.2, 0.25) is 0 Å². The number of carbonyl (C=O) groups is 1. The fourth-order valence-corrected chi connectivity index (χ4v) is 1.32. The molecule has 0 spiro atoms. The summed E-state index contributed by atoms with van der Waals surface area (Å²) in [5, 5.41) is 2.33. The average Bonchev–Trinajstić information content (AvgIpc) is 2.24. The molecule has 0 atom stereocenters. The van der Waals surface area contributed by atoms with Crippen molar-refractivity contribution in [2.75, 3.05) is 7.11 Å². The van der Waals surface area contributed by atoms with Crippen LogP contribution in [-0.4, -0.2) is 13.0 Å². The van der Waals surface area contributed by atoms with Gasteiger partial charge in [-0.2, -0.15) is 13.2 Å². The topological polar surface area (TPSA) is 38.3 Å². The molecule has 0 bridgehead atoms. The normalized spacial score (nSPS) is 11.1. The Balaban J connectivity index is 3.07. The van der Waals surface area contributed by atoms with E-state index < -0.39 is 11.7 Å². The van der Waals surface area contributed by atoms with Crippen LogP contribution in [0.4, 0.5) is 13.2 Å². The predicted octanol–water partition coefficient (Wildman–Crippen LogP) is 2.35. The molecule has 6 heteroatoms. The Morgan fingerprint density at radius 3 is 2.53 bits per heavy atom. The largest absolute Gasteiger partial charge is 0.497 e. The molecule has 1 aromatic carbocycles. The fraction of sp³-hybridized carbons (Fsp3) is 0.364. The first-order valence-electron chi connectivity index (χ1n) is 4.83. The van der Waals surface area contributed by atoms with E-state index in [-0.39, 0.29) is 23.8 Å². The Kier molecular flexibility index (Phi) is 3.98. The summed E-state index contributed by atoms with van der Waals surface area (Å²) in [4.78, 5) is 10.7. The van der Waals surface area contributed by atoms with Crippen molar-refractivity contribution in [1.82, 2.24) is 5.32 Å². The molecule has 0 fully saturated rings. The van der Waals surface area contributed by atoms with Gasteiger partial charge in [0.25, 0.3) is 0 Å². The third-order valence-corrected chi connectivity index (χ3v) is 2.15. The summed E-state index contributed by atoms with van der Waals surface area (Å²) in [6, 6.07) is 3.63. The van der Waals surface area contributed by atoms with Crippen molar-refractivity contribution < 1.29 is 22.7 Å². The van der Waals surface area contributed by atoms with Gasteiger partial charge in [0.15, 0.2) is 0 Å². The van der Waals surface area contributed by atoms with Gasteiger partial charge in [-0.05, 0) is 17.7 Å².